The van der Waals surface area contributed by atoms with Crippen molar-refractivity contribution in [1.82, 2.24) is 25.1 Å². The number of furan rings is 1. The van der Waals surface area contributed by atoms with Crippen molar-refractivity contribution in [1.29, 1.82) is 0 Å². The normalized spacial score (nSPS) is 15.0. The van der Waals surface area contributed by atoms with Gasteiger partial charge in [0.2, 0.25) is 5.89 Å². The lowest BCUT2D eigenvalue weighted by Gasteiger charge is -2.25. The van der Waals surface area contributed by atoms with E-state index in [2.05, 4.69) is 25.1 Å². The molecule has 1 aliphatic heterocycles. The average molecular weight is 297 g/mol. The van der Waals surface area contributed by atoms with E-state index in [9.17, 15) is 0 Å². The van der Waals surface area contributed by atoms with E-state index in [4.69, 9.17) is 8.83 Å². The largest absolute Gasteiger partial charge is 0.459 e. The molecule has 4 rings (SSSR count). The third-order valence-corrected chi connectivity index (χ3v) is 3.83. The molecule has 0 saturated carbocycles. The fourth-order valence-corrected chi connectivity index (χ4v) is 2.63. The Morgan fingerprint density at radius 1 is 1.32 bits per heavy atom. The van der Waals surface area contributed by atoms with E-state index in [1.807, 2.05) is 19.2 Å². The highest BCUT2D eigenvalue weighted by Crippen LogP contribution is 2.24. The van der Waals surface area contributed by atoms with Gasteiger partial charge in [-0.05, 0) is 25.0 Å². The van der Waals surface area contributed by atoms with Crippen LogP contribution in [0.25, 0.3) is 11.7 Å². The molecule has 3 aromatic heterocycles. The molecule has 0 amide bonds. The molecule has 0 unspecified atom stereocenters. The predicted molar refractivity (Wildman–Crippen MR) is 76.6 cm³/mol. The molecule has 0 N–H and O–H groups in total. The monoisotopic (exact) mass is 297 g/mol. The van der Waals surface area contributed by atoms with Crippen molar-refractivity contribution in [2.24, 2.45) is 0 Å². The zero-order valence-electron chi connectivity index (χ0n) is 12.2. The number of nitrogens with zero attached hydrogens (tertiary/aromatic N) is 5. The highest BCUT2D eigenvalue weighted by molar-refractivity contribution is 5.49. The fraction of sp³-hybridized carbons (Fsp3) is 0.333. The van der Waals surface area contributed by atoms with Crippen molar-refractivity contribution >= 4 is 0 Å². The van der Waals surface area contributed by atoms with Gasteiger partial charge >= 0.3 is 0 Å². The highest BCUT2D eigenvalue weighted by Gasteiger charge is 2.20. The van der Waals surface area contributed by atoms with E-state index in [0.717, 1.165) is 30.8 Å². The summed E-state index contributed by atoms with van der Waals surface area (Å²) in [6, 6.07) is 1.88. The molecule has 0 saturated heterocycles. The highest BCUT2D eigenvalue weighted by atomic mass is 16.4. The molecule has 0 fully saturated rings. The van der Waals surface area contributed by atoms with Gasteiger partial charge in [0.05, 0.1) is 18.5 Å². The van der Waals surface area contributed by atoms with Gasteiger partial charge in [0, 0.05) is 24.8 Å². The summed E-state index contributed by atoms with van der Waals surface area (Å²) >= 11 is 0. The van der Waals surface area contributed by atoms with Crippen LogP contribution in [-0.4, -0.2) is 31.6 Å². The SMILES string of the molecule is Cc1ccoc1-c1nnc(CN2CCc3cncnc3C2)o1. The molecule has 0 spiro atoms. The molecule has 22 heavy (non-hydrogen) atoms. The topological polar surface area (TPSA) is 81.1 Å². The molecule has 0 aromatic carbocycles. The number of rotatable bonds is 3. The average Bonchev–Trinajstić information content (AvgIpc) is 3.16. The van der Waals surface area contributed by atoms with Crippen LogP contribution in [0.2, 0.25) is 0 Å². The molecule has 0 aliphatic carbocycles. The molecule has 0 atom stereocenters. The van der Waals surface area contributed by atoms with Crippen molar-refractivity contribution in [2.75, 3.05) is 6.54 Å². The summed E-state index contributed by atoms with van der Waals surface area (Å²) in [6.07, 6.45) is 6.04. The first-order chi connectivity index (χ1) is 10.8. The van der Waals surface area contributed by atoms with Crippen LogP contribution in [0.3, 0.4) is 0 Å². The number of aryl methyl sites for hydroxylation is 1. The first-order valence-electron chi connectivity index (χ1n) is 7.16. The molecule has 3 aromatic rings. The Labute approximate surface area is 127 Å². The van der Waals surface area contributed by atoms with Gasteiger partial charge in [0.15, 0.2) is 5.76 Å². The van der Waals surface area contributed by atoms with E-state index in [-0.39, 0.29) is 0 Å². The molecule has 112 valence electrons. The van der Waals surface area contributed by atoms with Crippen LogP contribution in [0.5, 0.6) is 0 Å². The van der Waals surface area contributed by atoms with Gasteiger partial charge in [-0.1, -0.05) is 0 Å². The zero-order valence-corrected chi connectivity index (χ0v) is 12.2. The summed E-state index contributed by atoms with van der Waals surface area (Å²) in [7, 11) is 0. The molecule has 0 radical (unpaired) electrons. The van der Waals surface area contributed by atoms with Crippen LogP contribution in [0.4, 0.5) is 0 Å². The van der Waals surface area contributed by atoms with Gasteiger partial charge < -0.3 is 8.83 Å². The zero-order chi connectivity index (χ0) is 14.9. The summed E-state index contributed by atoms with van der Waals surface area (Å²) in [5.74, 6) is 1.65. The number of aromatic nitrogens is 4. The lowest BCUT2D eigenvalue weighted by molar-refractivity contribution is 0.218. The Balaban J connectivity index is 1.49. The molecular weight excluding hydrogens is 282 g/mol. The van der Waals surface area contributed by atoms with Crippen LogP contribution in [0.15, 0.2) is 33.7 Å². The van der Waals surface area contributed by atoms with Crippen molar-refractivity contribution in [2.45, 2.75) is 26.4 Å². The standard InChI is InChI=1S/C15H15N5O2/c1-10-3-5-21-14(10)15-19-18-13(22-15)8-20-4-2-11-6-16-9-17-12(11)7-20/h3,5-6,9H,2,4,7-8H2,1H3. The first kappa shape index (κ1) is 13.1. The minimum absolute atomic E-state index is 0.428. The lowest BCUT2D eigenvalue weighted by atomic mass is 10.1. The Kier molecular flexibility index (Phi) is 3.19. The van der Waals surface area contributed by atoms with Crippen molar-refractivity contribution < 1.29 is 8.83 Å². The molecule has 7 heteroatoms. The Bertz CT molecular complexity index is 795. The quantitative estimate of drug-likeness (QED) is 0.731. The van der Waals surface area contributed by atoms with Gasteiger partial charge in [0.25, 0.3) is 5.89 Å². The van der Waals surface area contributed by atoms with E-state index in [1.165, 1.54) is 5.56 Å². The van der Waals surface area contributed by atoms with Crippen molar-refractivity contribution in [3.05, 3.63) is 47.6 Å². The first-order valence-corrected chi connectivity index (χ1v) is 7.16. The smallest absolute Gasteiger partial charge is 0.283 e. The van der Waals surface area contributed by atoms with Crippen LogP contribution in [0.1, 0.15) is 22.7 Å². The van der Waals surface area contributed by atoms with Crippen LogP contribution in [-0.2, 0) is 19.5 Å². The second kappa shape index (κ2) is 5.34. The van der Waals surface area contributed by atoms with Crippen LogP contribution < -0.4 is 0 Å². The van der Waals surface area contributed by atoms with E-state index in [0.29, 0.717) is 24.1 Å². The van der Waals surface area contributed by atoms with E-state index in [1.54, 1.807) is 12.6 Å². The number of fused-ring (bicyclic) bond motifs is 1. The molecule has 0 bridgehead atoms. The molecular formula is C15H15N5O2. The Hall–Kier alpha value is -2.54. The minimum atomic E-state index is 0.428. The third-order valence-electron chi connectivity index (χ3n) is 3.83. The Morgan fingerprint density at radius 2 is 2.27 bits per heavy atom. The second-order valence-electron chi connectivity index (χ2n) is 5.39. The maximum Gasteiger partial charge on any atom is 0.283 e. The van der Waals surface area contributed by atoms with Gasteiger partial charge in [-0.3, -0.25) is 4.90 Å². The fourth-order valence-electron chi connectivity index (χ4n) is 2.63. The van der Waals surface area contributed by atoms with Gasteiger partial charge in [0.1, 0.15) is 6.33 Å². The molecule has 7 nitrogen and oxygen atoms in total. The number of hydrogen-bond donors (Lipinski definition) is 0. The predicted octanol–water partition coefficient (Wildman–Crippen LogP) is 1.99. The van der Waals surface area contributed by atoms with E-state index >= 15 is 0 Å². The second-order valence-corrected chi connectivity index (χ2v) is 5.39. The summed E-state index contributed by atoms with van der Waals surface area (Å²) in [5.41, 5.74) is 3.28. The maximum atomic E-state index is 5.71. The van der Waals surface area contributed by atoms with Crippen molar-refractivity contribution in [3.8, 4) is 11.7 Å². The van der Waals surface area contributed by atoms with Crippen LogP contribution in [0, 0.1) is 6.92 Å². The summed E-state index contributed by atoms with van der Waals surface area (Å²) in [4.78, 5) is 10.6. The lowest BCUT2D eigenvalue weighted by Crippen LogP contribution is -2.31. The molecule has 1 aliphatic rings. The Morgan fingerprint density at radius 3 is 3.14 bits per heavy atom. The number of hydrogen-bond acceptors (Lipinski definition) is 7. The van der Waals surface area contributed by atoms with Gasteiger partial charge in [-0.25, -0.2) is 9.97 Å². The maximum absolute atomic E-state index is 5.71. The molecule has 4 heterocycles. The summed E-state index contributed by atoms with van der Waals surface area (Å²) in [5, 5.41) is 8.18. The van der Waals surface area contributed by atoms with Gasteiger partial charge in [-0.2, -0.15) is 0 Å². The minimum Gasteiger partial charge on any atom is -0.459 e. The van der Waals surface area contributed by atoms with E-state index < -0.39 is 0 Å². The summed E-state index contributed by atoms with van der Waals surface area (Å²) in [6.45, 7) is 4.26. The van der Waals surface area contributed by atoms with Gasteiger partial charge in [-0.15, -0.1) is 10.2 Å². The summed E-state index contributed by atoms with van der Waals surface area (Å²) < 4.78 is 11.1. The third kappa shape index (κ3) is 2.39. The van der Waals surface area contributed by atoms with Crippen LogP contribution >= 0.6 is 0 Å². The van der Waals surface area contributed by atoms with Crippen molar-refractivity contribution in [3.63, 3.8) is 0 Å².